The molecule has 0 spiro atoms. The van der Waals surface area contributed by atoms with E-state index in [0.29, 0.717) is 30.9 Å². The second kappa shape index (κ2) is 7.29. The van der Waals surface area contributed by atoms with Crippen LogP contribution in [0.4, 0.5) is 5.69 Å². The van der Waals surface area contributed by atoms with Crippen LogP contribution in [0.2, 0.25) is 0 Å². The van der Waals surface area contributed by atoms with Crippen molar-refractivity contribution in [2.75, 3.05) is 24.4 Å². The number of nitrogens with zero attached hydrogens (tertiary/aromatic N) is 1. The molecule has 1 aromatic carbocycles. The van der Waals surface area contributed by atoms with Crippen molar-refractivity contribution in [1.82, 2.24) is 9.62 Å². The maximum absolute atomic E-state index is 12.4. The summed E-state index contributed by atoms with van der Waals surface area (Å²) in [5.74, 6) is -0.0742. The fraction of sp³-hybridized carbons (Fsp3) is 0.533. The van der Waals surface area contributed by atoms with Crippen LogP contribution in [0.1, 0.15) is 31.1 Å². The van der Waals surface area contributed by atoms with Crippen LogP contribution in [0.15, 0.2) is 24.3 Å². The molecule has 1 aromatic rings. The fourth-order valence-electron chi connectivity index (χ4n) is 2.36. The van der Waals surface area contributed by atoms with Crippen LogP contribution in [0.5, 0.6) is 0 Å². The quantitative estimate of drug-likeness (QED) is 0.842. The number of carbonyl (C=O) groups excluding carboxylic acids is 1. The minimum absolute atomic E-state index is 0.0286. The molecule has 8 heteroatoms. The number of hydrogen-bond donors (Lipinski definition) is 2. The van der Waals surface area contributed by atoms with Gasteiger partial charge in [0.25, 0.3) is 16.1 Å². The number of nitrogens with one attached hydrogen (secondary N) is 2. The summed E-state index contributed by atoms with van der Waals surface area (Å²) < 4.78 is 33.9. The molecule has 128 valence electrons. The monoisotopic (exact) mass is 341 g/mol. The molecule has 0 bridgehead atoms. The van der Waals surface area contributed by atoms with Crippen LogP contribution in [0, 0.1) is 0 Å². The van der Waals surface area contributed by atoms with Gasteiger partial charge in [0.2, 0.25) is 0 Å². The Hall–Kier alpha value is -1.64. The van der Waals surface area contributed by atoms with Crippen molar-refractivity contribution in [3.05, 3.63) is 29.8 Å². The zero-order valence-electron chi connectivity index (χ0n) is 13.6. The van der Waals surface area contributed by atoms with Gasteiger partial charge in [-0.15, -0.1) is 0 Å². The van der Waals surface area contributed by atoms with E-state index in [1.54, 1.807) is 43.0 Å². The minimum atomic E-state index is -3.61. The normalized spacial score (nSPS) is 19.0. The predicted octanol–water partition coefficient (Wildman–Crippen LogP) is 1.20. The molecule has 2 rings (SSSR count). The Bertz CT molecular complexity index is 643. The molecule has 23 heavy (non-hydrogen) atoms. The van der Waals surface area contributed by atoms with E-state index in [4.69, 9.17) is 4.74 Å². The van der Waals surface area contributed by atoms with Crippen molar-refractivity contribution >= 4 is 21.8 Å². The first kappa shape index (κ1) is 17.7. The van der Waals surface area contributed by atoms with E-state index in [2.05, 4.69) is 9.44 Å². The SMILES string of the molecule is CC(C)NS(=O)(=O)Nc1ccc(C(=O)N2CCOC(C)C2)cc1. The third-order valence-corrected chi connectivity index (χ3v) is 4.59. The molecule has 1 heterocycles. The van der Waals surface area contributed by atoms with Crippen LogP contribution in [-0.2, 0) is 14.9 Å². The standard InChI is InChI=1S/C15H23N3O4S/c1-11(2)16-23(20,21)17-14-6-4-13(5-7-14)15(19)18-8-9-22-12(3)10-18/h4-7,11-12,16-17H,8-10H2,1-3H3. The lowest BCUT2D eigenvalue weighted by atomic mass is 10.1. The van der Waals surface area contributed by atoms with E-state index in [-0.39, 0.29) is 18.1 Å². The molecular formula is C15H23N3O4S. The molecule has 2 N–H and O–H groups in total. The number of carbonyl (C=O) groups is 1. The number of amides is 1. The molecule has 1 aliphatic rings. The third-order valence-electron chi connectivity index (χ3n) is 3.30. The highest BCUT2D eigenvalue weighted by atomic mass is 32.2. The highest BCUT2D eigenvalue weighted by molar-refractivity contribution is 7.90. The second-order valence-corrected chi connectivity index (χ2v) is 7.33. The maximum atomic E-state index is 12.4. The first-order chi connectivity index (χ1) is 10.8. The Morgan fingerprint density at radius 1 is 1.30 bits per heavy atom. The highest BCUT2D eigenvalue weighted by Crippen LogP contribution is 2.14. The predicted molar refractivity (Wildman–Crippen MR) is 88.6 cm³/mol. The Balaban J connectivity index is 2.03. The molecule has 1 saturated heterocycles. The Morgan fingerprint density at radius 2 is 1.96 bits per heavy atom. The van der Waals surface area contributed by atoms with Crippen LogP contribution < -0.4 is 9.44 Å². The van der Waals surface area contributed by atoms with Gasteiger partial charge in [0, 0.05) is 30.4 Å². The molecular weight excluding hydrogens is 318 g/mol. The third kappa shape index (κ3) is 5.19. The van der Waals surface area contributed by atoms with Crippen molar-refractivity contribution in [2.45, 2.75) is 32.9 Å². The number of morpholine rings is 1. The van der Waals surface area contributed by atoms with Crippen LogP contribution in [0.25, 0.3) is 0 Å². The lowest BCUT2D eigenvalue weighted by molar-refractivity contribution is -0.0124. The lowest BCUT2D eigenvalue weighted by Gasteiger charge is -2.31. The first-order valence-corrected chi connectivity index (χ1v) is 9.06. The summed E-state index contributed by atoms with van der Waals surface area (Å²) in [5.41, 5.74) is 0.934. The molecule has 7 nitrogen and oxygen atoms in total. The Morgan fingerprint density at radius 3 is 2.52 bits per heavy atom. The number of benzene rings is 1. The van der Waals surface area contributed by atoms with Crippen LogP contribution in [-0.4, -0.2) is 51.1 Å². The summed E-state index contributed by atoms with van der Waals surface area (Å²) in [7, 11) is -3.61. The minimum Gasteiger partial charge on any atom is -0.375 e. The zero-order chi connectivity index (χ0) is 17.0. The molecule has 0 aliphatic carbocycles. The van der Waals surface area contributed by atoms with Crippen LogP contribution >= 0.6 is 0 Å². The molecule has 1 amide bonds. The summed E-state index contributed by atoms with van der Waals surface area (Å²) >= 11 is 0. The van der Waals surface area contributed by atoms with Gasteiger partial charge in [0.15, 0.2) is 0 Å². The Labute approximate surface area is 137 Å². The number of rotatable bonds is 5. The van der Waals surface area contributed by atoms with E-state index < -0.39 is 10.2 Å². The van der Waals surface area contributed by atoms with E-state index in [9.17, 15) is 13.2 Å². The van der Waals surface area contributed by atoms with Crippen molar-refractivity contribution in [1.29, 1.82) is 0 Å². The van der Waals surface area contributed by atoms with E-state index in [1.165, 1.54) is 0 Å². The summed E-state index contributed by atoms with van der Waals surface area (Å²) in [6, 6.07) is 6.20. The maximum Gasteiger partial charge on any atom is 0.299 e. The van der Waals surface area contributed by atoms with Gasteiger partial charge < -0.3 is 9.64 Å². The van der Waals surface area contributed by atoms with E-state index in [1.807, 2.05) is 6.92 Å². The van der Waals surface area contributed by atoms with Gasteiger partial charge >= 0.3 is 0 Å². The molecule has 0 saturated carbocycles. The van der Waals surface area contributed by atoms with Gasteiger partial charge in [-0.2, -0.15) is 13.1 Å². The van der Waals surface area contributed by atoms with Gasteiger partial charge in [0.1, 0.15) is 0 Å². The molecule has 1 aliphatic heterocycles. The Kier molecular flexibility index (Phi) is 5.61. The number of ether oxygens (including phenoxy) is 1. The average molecular weight is 341 g/mol. The van der Waals surface area contributed by atoms with Crippen molar-refractivity contribution in [2.24, 2.45) is 0 Å². The smallest absolute Gasteiger partial charge is 0.299 e. The number of anilines is 1. The summed E-state index contributed by atoms with van der Waals surface area (Å²) in [4.78, 5) is 14.2. The van der Waals surface area contributed by atoms with Gasteiger partial charge in [-0.3, -0.25) is 9.52 Å². The van der Waals surface area contributed by atoms with E-state index in [0.717, 1.165) is 0 Å². The van der Waals surface area contributed by atoms with Crippen LogP contribution in [0.3, 0.4) is 0 Å². The van der Waals surface area contributed by atoms with E-state index >= 15 is 0 Å². The summed E-state index contributed by atoms with van der Waals surface area (Å²) in [6.07, 6.45) is 0.0286. The lowest BCUT2D eigenvalue weighted by Crippen LogP contribution is -2.44. The van der Waals surface area contributed by atoms with Gasteiger partial charge in [-0.25, -0.2) is 0 Å². The second-order valence-electron chi connectivity index (χ2n) is 5.89. The van der Waals surface area contributed by atoms with Gasteiger partial charge in [-0.05, 0) is 45.0 Å². The topological polar surface area (TPSA) is 87.7 Å². The highest BCUT2D eigenvalue weighted by Gasteiger charge is 2.22. The molecule has 1 atom stereocenters. The largest absolute Gasteiger partial charge is 0.375 e. The zero-order valence-corrected chi connectivity index (χ0v) is 14.4. The molecule has 0 radical (unpaired) electrons. The van der Waals surface area contributed by atoms with Crippen molar-refractivity contribution in [3.63, 3.8) is 0 Å². The molecule has 1 fully saturated rings. The van der Waals surface area contributed by atoms with Gasteiger partial charge in [0.05, 0.1) is 12.7 Å². The van der Waals surface area contributed by atoms with Crippen molar-refractivity contribution < 1.29 is 17.9 Å². The summed E-state index contributed by atoms with van der Waals surface area (Å²) in [5, 5.41) is 0. The molecule has 0 aromatic heterocycles. The number of hydrogen-bond acceptors (Lipinski definition) is 4. The first-order valence-electron chi connectivity index (χ1n) is 7.58. The van der Waals surface area contributed by atoms with Gasteiger partial charge in [-0.1, -0.05) is 0 Å². The fourth-order valence-corrected chi connectivity index (χ4v) is 3.49. The summed E-state index contributed by atoms with van der Waals surface area (Å²) in [6.45, 7) is 7.07. The van der Waals surface area contributed by atoms with Crippen molar-refractivity contribution in [3.8, 4) is 0 Å². The molecule has 1 unspecified atom stereocenters. The average Bonchev–Trinajstić information content (AvgIpc) is 2.45.